The van der Waals surface area contributed by atoms with Gasteiger partial charge in [-0.3, -0.25) is 4.99 Å². The number of fused-ring (bicyclic) bond motifs is 1. The summed E-state index contributed by atoms with van der Waals surface area (Å²) in [5, 5.41) is 6.68. The van der Waals surface area contributed by atoms with Crippen molar-refractivity contribution in [2.45, 2.75) is 19.9 Å². The number of imidazole rings is 1. The summed E-state index contributed by atoms with van der Waals surface area (Å²) >= 11 is 0. The Morgan fingerprint density at radius 1 is 1.04 bits per heavy atom. The van der Waals surface area contributed by atoms with Gasteiger partial charge in [-0.25, -0.2) is 4.98 Å². The Balaban J connectivity index is 0.00000280. The van der Waals surface area contributed by atoms with E-state index >= 15 is 0 Å². The molecule has 3 rings (SSSR count). The molecule has 2 N–H and O–H groups in total. The van der Waals surface area contributed by atoms with Crippen LogP contribution in [0.1, 0.15) is 12.2 Å². The highest BCUT2D eigenvalue weighted by Crippen LogP contribution is 2.14. The zero-order valence-electron chi connectivity index (χ0n) is 16.4. The highest BCUT2D eigenvalue weighted by Gasteiger charge is 2.06. The van der Waals surface area contributed by atoms with Crippen LogP contribution in [0.25, 0.3) is 11.0 Å². The average molecular weight is 493 g/mol. The summed E-state index contributed by atoms with van der Waals surface area (Å²) in [4.78, 5) is 8.88. The van der Waals surface area contributed by atoms with Gasteiger partial charge >= 0.3 is 0 Å². The van der Waals surface area contributed by atoms with E-state index in [1.165, 1.54) is 0 Å². The molecule has 1 heterocycles. The molecule has 6 nitrogen and oxygen atoms in total. The van der Waals surface area contributed by atoms with Crippen molar-refractivity contribution in [3.63, 3.8) is 0 Å². The first kappa shape index (κ1) is 22.0. The number of para-hydroxylation sites is 3. The first-order valence-electron chi connectivity index (χ1n) is 9.32. The second-order valence-corrected chi connectivity index (χ2v) is 6.24. The van der Waals surface area contributed by atoms with Crippen LogP contribution in [-0.2, 0) is 6.54 Å². The summed E-state index contributed by atoms with van der Waals surface area (Å²) in [6, 6.07) is 18.1. The molecule has 0 saturated carbocycles. The van der Waals surface area contributed by atoms with Crippen molar-refractivity contribution in [2.24, 2.45) is 4.99 Å². The minimum Gasteiger partial charge on any atom is -0.494 e. The van der Waals surface area contributed by atoms with Crippen LogP contribution in [0.5, 0.6) is 5.75 Å². The van der Waals surface area contributed by atoms with Gasteiger partial charge in [-0.15, -0.1) is 24.0 Å². The average Bonchev–Trinajstić information content (AvgIpc) is 3.02. The Kier molecular flexibility index (Phi) is 9.06. The number of rotatable bonds is 8. The molecule has 2 aromatic carbocycles. The first-order chi connectivity index (χ1) is 13.3. The molecular weight excluding hydrogens is 465 g/mol. The predicted molar refractivity (Wildman–Crippen MR) is 126 cm³/mol. The van der Waals surface area contributed by atoms with Gasteiger partial charge in [-0.05, 0) is 37.6 Å². The van der Waals surface area contributed by atoms with E-state index in [-0.39, 0.29) is 24.0 Å². The van der Waals surface area contributed by atoms with Crippen molar-refractivity contribution in [2.75, 3.05) is 26.7 Å². The molecule has 0 aliphatic rings. The topological polar surface area (TPSA) is 63.5 Å². The number of hydrogen-bond donors (Lipinski definition) is 2. The highest BCUT2D eigenvalue weighted by molar-refractivity contribution is 14.0. The monoisotopic (exact) mass is 493 g/mol. The SMILES string of the molecule is CN=C(NCCCOc1ccccc1)NCCn1c(C)nc2ccccc21.I. The van der Waals surface area contributed by atoms with E-state index in [1.807, 2.05) is 55.5 Å². The summed E-state index contributed by atoms with van der Waals surface area (Å²) in [5.74, 6) is 2.73. The van der Waals surface area contributed by atoms with Gasteiger partial charge in [0.05, 0.1) is 17.6 Å². The van der Waals surface area contributed by atoms with E-state index in [4.69, 9.17) is 4.74 Å². The number of halogens is 1. The lowest BCUT2D eigenvalue weighted by Gasteiger charge is -2.13. The number of ether oxygens (including phenoxy) is 1. The molecular formula is C21H28IN5O. The van der Waals surface area contributed by atoms with Crippen LogP contribution in [0, 0.1) is 6.92 Å². The van der Waals surface area contributed by atoms with Crippen LogP contribution in [0.3, 0.4) is 0 Å². The lowest BCUT2D eigenvalue weighted by Crippen LogP contribution is -2.39. The smallest absolute Gasteiger partial charge is 0.191 e. The highest BCUT2D eigenvalue weighted by atomic mass is 127. The van der Waals surface area contributed by atoms with Gasteiger partial charge in [0, 0.05) is 26.7 Å². The summed E-state index contributed by atoms with van der Waals surface area (Å²) in [7, 11) is 1.79. The van der Waals surface area contributed by atoms with Crippen LogP contribution >= 0.6 is 24.0 Å². The zero-order valence-corrected chi connectivity index (χ0v) is 18.7. The number of guanidine groups is 1. The maximum absolute atomic E-state index is 5.70. The van der Waals surface area contributed by atoms with Crippen LogP contribution in [0.2, 0.25) is 0 Å². The van der Waals surface area contributed by atoms with Gasteiger partial charge < -0.3 is 19.9 Å². The molecule has 0 amide bonds. The third kappa shape index (κ3) is 6.12. The number of hydrogen-bond acceptors (Lipinski definition) is 3. The summed E-state index contributed by atoms with van der Waals surface area (Å²) in [6.45, 7) is 5.14. The van der Waals surface area contributed by atoms with Crippen molar-refractivity contribution in [1.29, 1.82) is 0 Å². The lowest BCUT2D eigenvalue weighted by atomic mass is 10.3. The number of nitrogens with one attached hydrogen (secondary N) is 2. The minimum atomic E-state index is 0. The minimum absolute atomic E-state index is 0. The molecule has 0 aliphatic heterocycles. The molecule has 1 aromatic heterocycles. The van der Waals surface area contributed by atoms with E-state index in [0.29, 0.717) is 6.61 Å². The Bertz CT molecular complexity index is 879. The molecule has 0 bridgehead atoms. The molecule has 150 valence electrons. The molecule has 0 radical (unpaired) electrons. The van der Waals surface area contributed by atoms with Gasteiger partial charge in [0.15, 0.2) is 5.96 Å². The second kappa shape index (κ2) is 11.5. The number of aromatic nitrogens is 2. The number of benzene rings is 2. The van der Waals surface area contributed by atoms with E-state index in [0.717, 1.165) is 54.6 Å². The van der Waals surface area contributed by atoms with Crippen molar-refractivity contribution in [3.8, 4) is 5.75 Å². The zero-order chi connectivity index (χ0) is 18.9. The lowest BCUT2D eigenvalue weighted by molar-refractivity contribution is 0.311. The summed E-state index contributed by atoms with van der Waals surface area (Å²) < 4.78 is 7.92. The molecule has 0 unspecified atom stereocenters. The van der Waals surface area contributed by atoms with Gasteiger partial charge in [0.2, 0.25) is 0 Å². The number of aliphatic imine (C=N–C) groups is 1. The molecule has 0 fully saturated rings. The van der Waals surface area contributed by atoms with E-state index in [2.05, 4.69) is 31.2 Å². The molecule has 3 aromatic rings. The van der Waals surface area contributed by atoms with E-state index in [9.17, 15) is 0 Å². The van der Waals surface area contributed by atoms with Crippen molar-refractivity contribution < 1.29 is 4.74 Å². The normalized spacial score (nSPS) is 11.1. The Morgan fingerprint density at radius 3 is 2.54 bits per heavy atom. The Hall–Kier alpha value is -2.29. The Morgan fingerprint density at radius 2 is 1.75 bits per heavy atom. The quantitative estimate of drug-likeness (QED) is 0.218. The van der Waals surface area contributed by atoms with Gasteiger partial charge in [0.1, 0.15) is 11.6 Å². The first-order valence-corrected chi connectivity index (χ1v) is 9.32. The van der Waals surface area contributed by atoms with Crippen LogP contribution in [0.15, 0.2) is 59.6 Å². The van der Waals surface area contributed by atoms with Crippen LogP contribution < -0.4 is 15.4 Å². The standard InChI is InChI=1S/C21H27N5O.HI/c1-17-25-19-11-6-7-12-20(19)26(17)15-14-24-21(22-2)23-13-8-16-27-18-9-4-3-5-10-18;/h3-7,9-12H,8,13-16H2,1-2H3,(H2,22,23,24);1H. The van der Waals surface area contributed by atoms with Crippen molar-refractivity contribution in [3.05, 3.63) is 60.4 Å². The maximum atomic E-state index is 5.70. The fourth-order valence-corrected chi connectivity index (χ4v) is 2.97. The molecule has 0 atom stereocenters. The number of aryl methyl sites for hydroxylation is 1. The fraction of sp³-hybridized carbons (Fsp3) is 0.333. The van der Waals surface area contributed by atoms with Crippen LogP contribution in [0.4, 0.5) is 0 Å². The molecule has 28 heavy (non-hydrogen) atoms. The summed E-state index contributed by atoms with van der Waals surface area (Å²) in [5.41, 5.74) is 2.20. The fourth-order valence-electron chi connectivity index (χ4n) is 2.97. The second-order valence-electron chi connectivity index (χ2n) is 6.24. The van der Waals surface area contributed by atoms with Crippen molar-refractivity contribution in [1.82, 2.24) is 20.2 Å². The number of nitrogens with zero attached hydrogens (tertiary/aromatic N) is 3. The molecule has 0 aliphatic carbocycles. The molecule has 0 spiro atoms. The van der Waals surface area contributed by atoms with Crippen LogP contribution in [-0.4, -0.2) is 42.3 Å². The molecule has 7 heteroatoms. The maximum Gasteiger partial charge on any atom is 0.191 e. The third-order valence-corrected chi connectivity index (χ3v) is 4.32. The summed E-state index contributed by atoms with van der Waals surface area (Å²) in [6.07, 6.45) is 0.904. The van der Waals surface area contributed by atoms with Crippen molar-refractivity contribution >= 4 is 41.0 Å². The van der Waals surface area contributed by atoms with Gasteiger partial charge in [-0.2, -0.15) is 0 Å². The van der Waals surface area contributed by atoms with E-state index < -0.39 is 0 Å². The molecule has 0 saturated heterocycles. The Labute approximate surface area is 183 Å². The third-order valence-electron chi connectivity index (χ3n) is 4.32. The van der Waals surface area contributed by atoms with Gasteiger partial charge in [0.25, 0.3) is 0 Å². The van der Waals surface area contributed by atoms with E-state index in [1.54, 1.807) is 7.05 Å². The van der Waals surface area contributed by atoms with Gasteiger partial charge in [-0.1, -0.05) is 30.3 Å². The predicted octanol–water partition coefficient (Wildman–Crippen LogP) is 3.60. The largest absolute Gasteiger partial charge is 0.494 e.